The summed E-state index contributed by atoms with van der Waals surface area (Å²) in [5.41, 5.74) is 1.40. The monoisotopic (exact) mass is 315 g/mol. The van der Waals surface area contributed by atoms with Crippen LogP contribution in [0.1, 0.15) is 38.3 Å². The van der Waals surface area contributed by atoms with E-state index in [1.165, 1.54) is 6.33 Å². The molecule has 1 aliphatic carbocycles. The van der Waals surface area contributed by atoms with Crippen molar-refractivity contribution in [3.05, 3.63) is 12.0 Å². The summed E-state index contributed by atoms with van der Waals surface area (Å²) in [6, 6.07) is 0.411. The molecule has 0 radical (unpaired) electrons. The minimum absolute atomic E-state index is 0.0271. The van der Waals surface area contributed by atoms with Gasteiger partial charge in [-0.25, -0.2) is 4.98 Å². The van der Waals surface area contributed by atoms with Gasteiger partial charge in [-0.2, -0.15) is 4.98 Å². The van der Waals surface area contributed by atoms with Crippen LogP contribution in [0.25, 0.3) is 11.1 Å². The molecule has 0 unspecified atom stereocenters. The van der Waals surface area contributed by atoms with Crippen LogP contribution in [0.2, 0.25) is 0 Å². The first-order chi connectivity index (χ1) is 11.3. The maximum absolute atomic E-state index is 12.4. The van der Waals surface area contributed by atoms with Crippen molar-refractivity contribution in [1.82, 2.24) is 20.4 Å². The highest BCUT2D eigenvalue weighted by Gasteiger charge is 2.32. The zero-order chi connectivity index (χ0) is 15.8. The summed E-state index contributed by atoms with van der Waals surface area (Å²) >= 11 is 0. The van der Waals surface area contributed by atoms with Crippen molar-refractivity contribution in [2.45, 2.75) is 45.1 Å². The Hall–Kier alpha value is -2.18. The largest absolute Gasteiger partial charge is 0.355 e. The molecule has 1 saturated heterocycles. The Kier molecular flexibility index (Phi) is 3.63. The highest BCUT2D eigenvalue weighted by atomic mass is 16.5. The fourth-order valence-electron chi connectivity index (χ4n) is 3.24. The molecule has 1 amide bonds. The number of hydrogen-bond donors (Lipinski definition) is 1. The van der Waals surface area contributed by atoms with E-state index in [4.69, 9.17) is 4.52 Å². The van der Waals surface area contributed by atoms with E-state index >= 15 is 0 Å². The third-order valence-electron chi connectivity index (χ3n) is 4.67. The number of nitrogens with one attached hydrogen (secondary N) is 1. The van der Waals surface area contributed by atoms with Crippen LogP contribution in [0.5, 0.6) is 0 Å². The van der Waals surface area contributed by atoms with Crippen molar-refractivity contribution < 1.29 is 9.32 Å². The van der Waals surface area contributed by atoms with Gasteiger partial charge in [0.2, 0.25) is 5.91 Å². The van der Waals surface area contributed by atoms with Crippen LogP contribution >= 0.6 is 0 Å². The van der Waals surface area contributed by atoms with Crippen molar-refractivity contribution in [1.29, 1.82) is 0 Å². The van der Waals surface area contributed by atoms with E-state index in [9.17, 15) is 4.79 Å². The number of aromatic nitrogens is 3. The van der Waals surface area contributed by atoms with Crippen LogP contribution in [0.4, 0.5) is 5.82 Å². The summed E-state index contributed by atoms with van der Waals surface area (Å²) in [7, 11) is 0. The van der Waals surface area contributed by atoms with E-state index in [0.29, 0.717) is 18.3 Å². The Labute approximate surface area is 134 Å². The first-order valence-electron chi connectivity index (χ1n) is 8.41. The number of carbonyl (C=O) groups is 1. The lowest BCUT2D eigenvalue weighted by molar-refractivity contribution is -0.125. The minimum atomic E-state index is 0.0271. The second-order valence-electron chi connectivity index (χ2n) is 6.43. The van der Waals surface area contributed by atoms with Gasteiger partial charge in [-0.3, -0.25) is 4.79 Å². The van der Waals surface area contributed by atoms with Crippen molar-refractivity contribution in [2.75, 3.05) is 18.0 Å². The van der Waals surface area contributed by atoms with Gasteiger partial charge in [0.1, 0.15) is 17.5 Å². The maximum Gasteiger partial charge on any atom is 0.263 e. The third kappa shape index (κ3) is 2.75. The zero-order valence-corrected chi connectivity index (χ0v) is 13.3. The molecule has 2 aromatic heterocycles. The Bertz CT molecular complexity index is 724. The molecule has 4 rings (SSSR count). The molecule has 23 heavy (non-hydrogen) atoms. The third-order valence-corrected chi connectivity index (χ3v) is 4.67. The zero-order valence-electron chi connectivity index (χ0n) is 13.3. The van der Waals surface area contributed by atoms with Crippen LogP contribution in [0, 0.1) is 5.92 Å². The first-order valence-corrected chi connectivity index (χ1v) is 8.41. The van der Waals surface area contributed by atoms with E-state index in [-0.39, 0.29) is 11.8 Å². The van der Waals surface area contributed by atoms with Crippen LogP contribution in [0.3, 0.4) is 0 Å². The van der Waals surface area contributed by atoms with Gasteiger partial charge in [0, 0.05) is 19.1 Å². The molecule has 0 aromatic carbocycles. The number of piperidine rings is 1. The number of nitrogens with zero attached hydrogens (tertiary/aromatic N) is 4. The Morgan fingerprint density at radius 2 is 2.26 bits per heavy atom. The van der Waals surface area contributed by atoms with Crippen molar-refractivity contribution in [2.24, 2.45) is 5.92 Å². The van der Waals surface area contributed by atoms with Gasteiger partial charge in [-0.15, -0.1) is 0 Å². The molecule has 2 fully saturated rings. The molecular weight excluding hydrogens is 294 g/mol. The summed E-state index contributed by atoms with van der Waals surface area (Å²) in [4.78, 5) is 23.2. The first kappa shape index (κ1) is 14.4. The number of hydrogen-bond acceptors (Lipinski definition) is 6. The Morgan fingerprint density at radius 3 is 3.04 bits per heavy atom. The standard InChI is InChI=1S/C16H21N5O2/c1-2-12-13-14(17-9-18-16(13)23-20-12)21-7-3-4-10(8-21)15(22)19-11-5-6-11/h9-11H,2-8H2,1H3,(H,19,22)/t10-/m0/s1. The quantitative estimate of drug-likeness (QED) is 0.924. The summed E-state index contributed by atoms with van der Waals surface area (Å²) in [5.74, 6) is 1.06. The maximum atomic E-state index is 12.4. The fraction of sp³-hybridized carbons (Fsp3) is 0.625. The summed E-state index contributed by atoms with van der Waals surface area (Å²) < 4.78 is 5.30. The number of aryl methyl sites for hydroxylation is 1. The smallest absolute Gasteiger partial charge is 0.263 e. The Morgan fingerprint density at radius 1 is 1.39 bits per heavy atom. The summed E-state index contributed by atoms with van der Waals surface area (Å²) in [6.45, 7) is 3.63. The molecule has 3 heterocycles. The second-order valence-corrected chi connectivity index (χ2v) is 6.43. The van der Waals surface area contributed by atoms with Crippen LogP contribution in [-0.2, 0) is 11.2 Å². The highest BCUT2D eigenvalue weighted by Crippen LogP contribution is 2.30. The molecule has 122 valence electrons. The van der Waals surface area contributed by atoms with Gasteiger partial charge in [0.25, 0.3) is 5.71 Å². The molecule has 1 aliphatic heterocycles. The molecular formula is C16H21N5O2. The fourth-order valence-corrected chi connectivity index (χ4v) is 3.24. The highest BCUT2D eigenvalue weighted by molar-refractivity contribution is 5.88. The van der Waals surface area contributed by atoms with Crippen molar-refractivity contribution in [3.63, 3.8) is 0 Å². The normalized spacial score (nSPS) is 21.6. The van der Waals surface area contributed by atoms with E-state index in [2.05, 4.69) is 25.3 Å². The molecule has 7 nitrogen and oxygen atoms in total. The molecule has 0 bridgehead atoms. The van der Waals surface area contributed by atoms with Crippen molar-refractivity contribution >= 4 is 22.8 Å². The number of anilines is 1. The molecule has 1 N–H and O–H groups in total. The number of amides is 1. The van der Waals surface area contributed by atoms with E-state index < -0.39 is 0 Å². The molecule has 7 heteroatoms. The lowest BCUT2D eigenvalue weighted by atomic mass is 9.97. The van der Waals surface area contributed by atoms with Gasteiger partial charge in [-0.05, 0) is 32.1 Å². The number of carbonyl (C=O) groups excluding carboxylic acids is 1. The average Bonchev–Trinajstić information content (AvgIpc) is 3.30. The topological polar surface area (TPSA) is 84.2 Å². The van der Waals surface area contributed by atoms with Crippen molar-refractivity contribution in [3.8, 4) is 0 Å². The predicted octanol–water partition coefficient (Wildman–Crippen LogP) is 1.68. The predicted molar refractivity (Wildman–Crippen MR) is 85.1 cm³/mol. The van der Waals surface area contributed by atoms with Crippen LogP contribution in [0.15, 0.2) is 10.9 Å². The number of fused-ring (bicyclic) bond motifs is 1. The number of rotatable bonds is 4. The summed E-state index contributed by atoms with van der Waals surface area (Å²) in [6.07, 6.45) is 6.45. The molecule has 1 atom stereocenters. The van der Waals surface area contributed by atoms with E-state index in [1.807, 2.05) is 6.92 Å². The average molecular weight is 315 g/mol. The second kappa shape index (κ2) is 5.79. The van der Waals surface area contributed by atoms with E-state index in [1.54, 1.807) is 0 Å². The SMILES string of the molecule is CCc1noc2ncnc(N3CCC[C@H](C(=O)NC4CC4)C3)c12. The van der Waals surface area contributed by atoms with E-state index in [0.717, 1.165) is 55.5 Å². The van der Waals surface area contributed by atoms with Gasteiger partial charge in [-0.1, -0.05) is 12.1 Å². The molecule has 2 aromatic rings. The lowest BCUT2D eigenvalue weighted by Crippen LogP contribution is -2.44. The van der Waals surface area contributed by atoms with Crippen LogP contribution in [-0.4, -0.2) is 40.2 Å². The van der Waals surface area contributed by atoms with Gasteiger partial charge >= 0.3 is 0 Å². The molecule has 0 spiro atoms. The minimum Gasteiger partial charge on any atom is -0.355 e. The van der Waals surface area contributed by atoms with Gasteiger partial charge in [0.15, 0.2) is 0 Å². The Balaban J connectivity index is 1.59. The lowest BCUT2D eigenvalue weighted by Gasteiger charge is -2.33. The molecule has 2 aliphatic rings. The van der Waals surface area contributed by atoms with Crippen LogP contribution < -0.4 is 10.2 Å². The summed E-state index contributed by atoms with van der Waals surface area (Å²) in [5, 5.41) is 8.10. The van der Waals surface area contributed by atoms with Gasteiger partial charge in [0.05, 0.1) is 11.6 Å². The van der Waals surface area contributed by atoms with Gasteiger partial charge < -0.3 is 14.7 Å². The molecule has 1 saturated carbocycles.